The van der Waals surface area contributed by atoms with Crippen LogP contribution in [0.4, 0.5) is 0 Å². The molecule has 0 saturated carbocycles. The summed E-state index contributed by atoms with van der Waals surface area (Å²) < 4.78 is 5.32. The van der Waals surface area contributed by atoms with E-state index in [-0.39, 0.29) is 6.61 Å². The Morgan fingerprint density at radius 1 is 1.45 bits per heavy atom. The molecule has 0 heterocycles. The zero-order valence-corrected chi connectivity index (χ0v) is 7.50. The quantitative estimate of drug-likeness (QED) is 0.620. The first-order valence-corrected chi connectivity index (χ1v) is 4.03. The molecule has 0 aliphatic carbocycles. The van der Waals surface area contributed by atoms with Crippen molar-refractivity contribution < 1.29 is 14.9 Å². The van der Waals surface area contributed by atoms with Crippen LogP contribution in [0.5, 0.6) is 0 Å². The molecule has 2 N–H and O–H groups in total. The number of hydrogen-bond acceptors (Lipinski definition) is 3. The second-order valence-corrected chi connectivity index (χ2v) is 2.80. The zero-order chi connectivity index (χ0) is 8.91. The summed E-state index contributed by atoms with van der Waals surface area (Å²) in [7, 11) is 0. The molecule has 2 atom stereocenters. The highest BCUT2D eigenvalue weighted by Crippen LogP contribution is 2.19. The predicted molar refractivity (Wildman–Crippen MR) is 43.4 cm³/mol. The molecule has 0 aliphatic heterocycles. The molecule has 0 fully saturated rings. The lowest BCUT2D eigenvalue weighted by molar-refractivity contribution is -0.124. The summed E-state index contributed by atoms with van der Waals surface area (Å²) in [6.07, 6.45) is -0.0878. The van der Waals surface area contributed by atoms with Gasteiger partial charge in [-0.25, -0.2) is 0 Å². The van der Waals surface area contributed by atoms with Crippen molar-refractivity contribution in [3.05, 3.63) is 0 Å². The Morgan fingerprint density at radius 2 is 2.00 bits per heavy atom. The van der Waals surface area contributed by atoms with Gasteiger partial charge in [0.1, 0.15) is 6.10 Å². The number of hydrogen-bond donors (Lipinski definition) is 2. The number of aliphatic hydroxyl groups is 2. The van der Waals surface area contributed by atoms with Gasteiger partial charge in [0.15, 0.2) is 0 Å². The van der Waals surface area contributed by atoms with Gasteiger partial charge in [-0.15, -0.1) is 0 Å². The topological polar surface area (TPSA) is 49.7 Å². The molecule has 0 aliphatic rings. The Morgan fingerprint density at radius 3 is 2.27 bits per heavy atom. The van der Waals surface area contributed by atoms with Crippen LogP contribution in [0.2, 0.25) is 0 Å². The molecule has 0 aromatic rings. The molecule has 3 heteroatoms. The lowest BCUT2D eigenvalue weighted by Gasteiger charge is -2.32. The molecule has 0 amide bonds. The van der Waals surface area contributed by atoms with Gasteiger partial charge in [-0.1, -0.05) is 6.92 Å². The Labute approximate surface area is 68.0 Å². The molecule has 0 rings (SSSR count). The van der Waals surface area contributed by atoms with Gasteiger partial charge in [-0.2, -0.15) is 0 Å². The van der Waals surface area contributed by atoms with Gasteiger partial charge in [0, 0.05) is 6.61 Å². The predicted octanol–water partition coefficient (Wildman–Crippen LogP) is 0.545. The van der Waals surface area contributed by atoms with E-state index >= 15 is 0 Å². The van der Waals surface area contributed by atoms with Crippen LogP contribution >= 0.6 is 0 Å². The molecular formula is C8H18O3. The van der Waals surface area contributed by atoms with E-state index in [1.54, 1.807) is 6.92 Å². The fraction of sp³-hybridized carbons (Fsp3) is 1.00. The monoisotopic (exact) mass is 162 g/mol. The summed E-state index contributed by atoms with van der Waals surface area (Å²) in [5, 5.41) is 18.0. The number of ether oxygens (including phenoxy) is 1. The maximum Gasteiger partial charge on any atom is 0.106 e. The molecule has 0 aromatic heterocycles. The van der Waals surface area contributed by atoms with Crippen LogP contribution in [0.15, 0.2) is 0 Å². The van der Waals surface area contributed by atoms with Crippen molar-refractivity contribution in [3.63, 3.8) is 0 Å². The van der Waals surface area contributed by atoms with Gasteiger partial charge in [-0.05, 0) is 20.3 Å². The van der Waals surface area contributed by atoms with E-state index in [1.165, 1.54) is 0 Å². The van der Waals surface area contributed by atoms with Crippen LogP contribution in [-0.4, -0.2) is 35.1 Å². The van der Waals surface area contributed by atoms with E-state index < -0.39 is 11.7 Å². The molecule has 11 heavy (non-hydrogen) atoms. The van der Waals surface area contributed by atoms with Gasteiger partial charge in [-0.3, -0.25) is 0 Å². The molecular weight excluding hydrogens is 144 g/mol. The van der Waals surface area contributed by atoms with E-state index in [4.69, 9.17) is 9.84 Å². The van der Waals surface area contributed by atoms with E-state index in [2.05, 4.69) is 0 Å². The molecule has 0 bridgehead atoms. The maximum atomic E-state index is 9.33. The standard InChI is InChI=1S/C8H18O3/c1-4-8(3,11-5-2)7(10)6-9/h7,9-10H,4-6H2,1-3H3. The second-order valence-electron chi connectivity index (χ2n) is 2.80. The Kier molecular flexibility index (Phi) is 4.65. The first-order chi connectivity index (χ1) is 5.10. The maximum absolute atomic E-state index is 9.33. The van der Waals surface area contributed by atoms with E-state index in [0.29, 0.717) is 13.0 Å². The van der Waals surface area contributed by atoms with Crippen LogP contribution in [0.25, 0.3) is 0 Å². The Balaban J connectivity index is 4.07. The summed E-state index contributed by atoms with van der Waals surface area (Å²) in [5.74, 6) is 0. The van der Waals surface area contributed by atoms with Crippen molar-refractivity contribution >= 4 is 0 Å². The second kappa shape index (κ2) is 4.70. The smallest absolute Gasteiger partial charge is 0.106 e. The third-order valence-corrected chi connectivity index (χ3v) is 2.05. The van der Waals surface area contributed by atoms with Gasteiger partial charge >= 0.3 is 0 Å². The largest absolute Gasteiger partial charge is 0.394 e. The molecule has 0 saturated heterocycles. The molecule has 2 unspecified atom stereocenters. The summed E-state index contributed by atoms with van der Waals surface area (Å²) in [5.41, 5.74) is -0.594. The summed E-state index contributed by atoms with van der Waals surface area (Å²) in [4.78, 5) is 0. The van der Waals surface area contributed by atoms with E-state index in [1.807, 2.05) is 13.8 Å². The van der Waals surface area contributed by atoms with Crippen molar-refractivity contribution in [2.24, 2.45) is 0 Å². The van der Waals surface area contributed by atoms with Gasteiger partial charge in [0.05, 0.1) is 12.2 Å². The molecule has 3 nitrogen and oxygen atoms in total. The van der Waals surface area contributed by atoms with Gasteiger partial charge in [0.25, 0.3) is 0 Å². The SMILES string of the molecule is CCOC(C)(CC)C(O)CO. The first-order valence-electron chi connectivity index (χ1n) is 4.03. The van der Waals surface area contributed by atoms with E-state index in [9.17, 15) is 5.11 Å². The normalized spacial score (nSPS) is 19.4. The van der Waals surface area contributed by atoms with Crippen molar-refractivity contribution in [1.29, 1.82) is 0 Å². The lowest BCUT2D eigenvalue weighted by atomic mass is 9.96. The van der Waals surface area contributed by atoms with Crippen LogP contribution in [0.1, 0.15) is 27.2 Å². The summed E-state index contributed by atoms with van der Waals surface area (Å²) in [6, 6.07) is 0. The van der Waals surface area contributed by atoms with Crippen molar-refractivity contribution in [2.75, 3.05) is 13.2 Å². The number of aliphatic hydroxyl groups excluding tert-OH is 2. The fourth-order valence-corrected chi connectivity index (χ4v) is 0.957. The third kappa shape index (κ3) is 2.77. The average molecular weight is 162 g/mol. The minimum atomic E-state index is -0.785. The van der Waals surface area contributed by atoms with Crippen LogP contribution in [0.3, 0.4) is 0 Å². The van der Waals surface area contributed by atoms with Crippen LogP contribution < -0.4 is 0 Å². The molecule has 0 aromatic carbocycles. The minimum Gasteiger partial charge on any atom is -0.394 e. The highest BCUT2D eigenvalue weighted by Gasteiger charge is 2.30. The van der Waals surface area contributed by atoms with Crippen molar-refractivity contribution in [1.82, 2.24) is 0 Å². The van der Waals surface area contributed by atoms with E-state index in [0.717, 1.165) is 0 Å². The first kappa shape index (κ1) is 10.9. The highest BCUT2D eigenvalue weighted by molar-refractivity contribution is 4.81. The lowest BCUT2D eigenvalue weighted by Crippen LogP contribution is -2.43. The molecule has 0 radical (unpaired) electrons. The van der Waals surface area contributed by atoms with Crippen LogP contribution in [-0.2, 0) is 4.74 Å². The molecule has 68 valence electrons. The summed E-state index contributed by atoms with van der Waals surface area (Å²) >= 11 is 0. The Hall–Kier alpha value is -0.120. The highest BCUT2D eigenvalue weighted by atomic mass is 16.5. The summed E-state index contributed by atoms with van der Waals surface area (Å²) in [6.45, 7) is 5.91. The van der Waals surface area contributed by atoms with Crippen molar-refractivity contribution in [2.45, 2.75) is 38.9 Å². The molecule has 0 spiro atoms. The van der Waals surface area contributed by atoms with Gasteiger partial charge < -0.3 is 14.9 Å². The minimum absolute atomic E-state index is 0.246. The Bertz CT molecular complexity index is 106. The van der Waals surface area contributed by atoms with Crippen molar-refractivity contribution in [3.8, 4) is 0 Å². The van der Waals surface area contributed by atoms with Crippen LogP contribution in [0, 0.1) is 0 Å². The average Bonchev–Trinajstić information content (AvgIpc) is 2.03. The zero-order valence-electron chi connectivity index (χ0n) is 7.50. The van der Waals surface area contributed by atoms with Gasteiger partial charge in [0.2, 0.25) is 0 Å². The number of rotatable bonds is 5. The fourth-order valence-electron chi connectivity index (χ4n) is 0.957. The third-order valence-electron chi connectivity index (χ3n) is 2.05.